The van der Waals surface area contributed by atoms with E-state index in [1.165, 1.54) is 11.3 Å². The molecule has 1 aliphatic carbocycles. The first-order valence-corrected chi connectivity index (χ1v) is 6.88. The van der Waals surface area contributed by atoms with Gasteiger partial charge in [0.1, 0.15) is 5.54 Å². The predicted octanol–water partition coefficient (Wildman–Crippen LogP) is 1.10. The van der Waals surface area contributed by atoms with E-state index in [0.717, 1.165) is 32.2 Å². The minimum atomic E-state index is -0.575. The SMILES string of the molecule is CNCC(C)CN1C(=O)NC2(CCCCC2)C1=O. The number of carbonyl (C=O) groups is 2. The van der Waals surface area contributed by atoms with Gasteiger partial charge in [0.15, 0.2) is 0 Å². The van der Waals surface area contributed by atoms with Crippen molar-refractivity contribution in [2.24, 2.45) is 5.92 Å². The van der Waals surface area contributed by atoms with Crippen molar-refractivity contribution < 1.29 is 9.59 Å². The van der Waals surface area contributed by atoms with Crippen LogP contribution in [-0.4, -0.2) is 42.5 Å². The zero-order valence-corrected chi connectivity index (χ0v) is 11.3. The Kier molecular flexibility index (Phi) is 3.90. The smallest absolute Gasteiger partial charge is 0.323 e. The van der Waals surface area contributed by atoms with Crippen molar-refractivity contribution in [3.8, 4) is 0 Å². The van der Waals surface area contributed by atoms with Gasteiger partial charge >= 0.3 is 6.03 Å². The Morgan fingerprint density at radius 3 is 2.61 bits per heavy atom. The topological polar surface area (TPSA) is 61.4 Å². The van der Waals surface area contributed by atoms with Crippen LogP contribution in [0.3, 0.4) is 0 Å². The van der Waals surface area contributed by atoms with Gasteiger partial charge in [-0.1, -0.05) is 26.2 Å². The lowest BCUT2D eigenvalue weighted by molar-refractivity contribution is -0.132. The van der Waals surface area contributed by atoms with Crippen LogP contribution in [0.5, 0.6) is 0 Å². The predicted molar refractivity (Wildman–Crippen MR) is 69.2 cm³/mol. The summed E-state index contributed by atoms with van der Waals surface area (Å²) in [4.78, 5) is 25.8. The summed E-state index contributed by atoms with van der Waals surface area (Å²) in [7, 11) is 1.88. The summed E-state index contributed by atoms with van der Waals surface area (Å²) in [6.45, 7) is 3.36. The number of hydrogen-bond donors (Lipinski definition) is 2. The van der Waals surface area contributed by atoms with Crippen molar-refractivity contribution in [2.45, 2.75) is 44.6 Å². The van der Waals surface area contributed by atoms with Gasteiger partial charge in [0.05, 0.1) is 0 Å². The quantitative estimate of drug-likeness (QED) is 0.737. The molecule has 5 nitrogen and oxygen atoms in total. The molecule has 0 radical (unpaired) electrons. The van der Waals surface area contributed by atoms with Gasteiger partial charge < -0.3 is 10.6 Å². The molecule has 0 bridgehead atoms. The molecule has 2 N–H and O–H groups in total. The Labute approximate surface area is 108 Å². The summed E-state index contributed by atoms with van der Waals surface area (Å²) in [6, 6.07) is -0.204. The van der Waals surface area contributed by atoms with Crippen molar-refractivity contribution >= 4 is 11.9 Å². The van der Waals surface area contributed by atoms with E-state index < -0.39 is 5.54 Å². The first-order valence-electron chi connectivity index (χ1n) is 6.88. The third-order valence-corrected chi connectivity index (χ3v) is 4.00. The molecule has 1 atom stereocenters. The van der Waals surface area contributed by atoms with Crippen LogP contribution in [0.15, 0.2) is 0 Å². The second kappa shape index (κ2) is 5.26. The van der Waals surface area contributed by atoms with Crippen LogP contribution in [-0.2, 0) is 4.79 Å². The number of rotatable bonds is 4. The molecule has 102 valence electrons. The molecule has 1 aliphatic heterocycles. The highest BCUT2D eigenvalue weighted by Gasteiger charge is 2.51. The molecule has 0 aromatic carbocycles. The molecule has 2 aliphatic rings. The number of amides is 3. The van der Waals surface area contributed by atoms with Gasteiger partial charge in [0.2, 0.25) is 0 Å². The van der Waals surface area contributed by atoms with Crippen molar-refractivity contribution in [1.82, 2.24) is 15.5 Å². The highest BCUT2D eigenvalue weighted by molar-refractivity contribution is 6.07. The van der Waals surface area contributed by atoms with E-state index in [4.69, 9.17) is 0 Å². The van der Waals surface area contributed by atoms with E-state index in [1.807, 2.05) is 14.0 Å². The molecule has 1 saturated carbocycles. The molecule has 1 unspecified atom stereocenters. The molecular formula is C13H23N3O2. The van der Waals surface area contributed by atoms with Crippen molar-refractivity contribution in [3.05, 3.63) is 0 Å². The van der Waals surface area contributed by atoms with Crippen LogP contribution in [0, 0.1) is 5.92 Å². The van der Waals surface area contributed by atoms with Crippen LogP contribution in [0.2, 0.25) is 0 Å². The highest BCUT2D eigenvalue weighted by atomic mass is 16.2. The Bertz CT molecular complexity index is 337. The van der Waals surface area contributed by atoms with Crippen molar-refractivity contribution in [1.29, 1.82) is 0 Å². The monoisotopic (exact) mass is 253 g/mol. The van der Waals surface area contributed by atoms with Crippen LogP contribution in [0.25, 0.3) is 0 Å². The molecule has 1 heterocycles. The molecular weight excluding hydrogens is 230 g/mol. The zero-order chi connectivity index (χ0) is 13.2. The van der Waals surface area contributed by atoms with Crippen LogP contribution in [0.1, 0.15) is 39.0 Å². The van der Waals surface area contributed by atoms with E-state index in [2.05, 4.69) is 10.6 Å². The fraction of sp³-hybridized carbons (Fsp3) is 0.846. The van der Waals surface area contributed by atoms with E-state index in [1.54, 1.807) is 0 Å². The number of nitrogens with one attached hydrogen (secondary N) is 2. The fourth-order valence-electron chi connectivity index (χ4n) is 3.06. The Hall–Kier alpha value is -1.10. The highest BCUT2D eigenvalue weighted by Crippen LogP contribution is 2.33. The summed E-state index contributed by atoms with van der Waals surface area (Å²) in [5, 5.41) is 6.01. The van der Waals surface area contributed by atoms with Gasteiger partial charge in [-0.05, 0) is 32.4 Å². The Balaban J connectivity index is 2.04. The summed E-state index contributed by atoms with van der Waals surface area (Å²) >= 11 is 0. The molecule has 18 heavy (non-hydrogen) atoms. The van der Waals surface area contributed by atoms with Crippen molar-refractivity contribution in [3.63, 3.8) is 0 Å². The molecule has 5 heteroatoms. The first kappa shape index (κ1) is 13.3. The molecule has 1 saturated heterocycles. The normalized spacial score (nSPS) is 24.4. The van der Waals surface area contributed by atoms with Gasteiger partial charge in [-0.3, -0.25) is 9.69 Å². The second-order valence-electron chi connectivity index (χ2n) is 5.65. The second-order valence-corrected chi connectivity index (χ2v) is 5.65. The lowest BCUT2D eigenvalue weighted by Gasteiger charge is -2.30. The Morgan fingerprint density at radius 2 is 2.00 bits per heavy atom. The third kappa shape index (κ3) is 2.36. The molecule has 2 fully saturated rings. The van der Waals surface area contributed by atoms with Crippen LogP contribution < -0.4 is 10.6 Å². The summed E-state index contributed by atoms with van der Waals surface area (Å²) in [5.74, 6) is 0.276. The largest absolute Gasteiger partial charge is 0.325 e. The maximum absolute atomic E-state index is 12.5. The maximum Gasteiger partial charge on any atom is 0.325 e. The standard InChI is InChI=1S/C13H23N3O2/c1-10(8-14-2)9-16-11(17)13(15-12(16)18)6-4-3-5-7-13/h10,14H,3-9H2,1-2H3,(H,15,18). The zero-order valence-electron chi connectivity index (χ0n) is 11.3. The van der Waals surface area contributed by atoms with Crippen LogP contribution >= 0.6 is 0 Å². The van der Waals surface area contributed by atoms with Crippen LogP contribution in [0.4, 0.5) is 4.79 Å². The first-order chi connectivity index (χ1) is 8.59. The van der Waals surface area contributed by atoms with E-state index in [0.29, 0.717) is 6.54 Å². The molecule has 1 spiro atoms. The summed E-state index contributed by atoms with van der Waals surface area (Å²) in [6.07, 6.45) is 4.84. The van der Waals surface area contributed by atoms with Gasteiger partial charge in [-0.2, -0.15) is 0 Å². The molecule has 0 aromatic heterocycles. The molecule has 2 rings (SSSR count). The fourth-order valence-corrected chi connectivity index (χ4v) is 3.06. The lowest BCUT2D eigenvalue weighted by atomic mass is 9.81. The van der Waals surface area contributed by atoms with Gasteiger partial charge in [-0.25, -0.2) is 4.79 Å². The average molecular weight is 253 g/mol. The number of urea groups is 1. The van der Waals surface area contributed by atoms with Gasteiger partial charge in [0, 0.05) is 6.54 Å². The molecule has 0 aromatic rings. The van der Waals surface area contributed by atoms with Crippen molar-refractivity contribution in [2.75, 3.05) is 20.1 Å². The number of hydrogen-bond acceptors (Lipinski definition) is 3. The molecule has 3 amide bonds. The third-order valence-electron chi connectivity index (χ3n) is 4.00. The number of carbonyl (C=O) groups excluding carboxylic acids is 2. The van der Waals surface area contributed by atoms with Gasteiger partial charge in [0.25, 0.3) is 5.91 Å². The maximum atomic E-state index is 12.5. The minimum absolute atomic E-state index is 0.00449. The average Bonchev–Trinajstić information content (AvgIpc) is 2.55. The summed E-state index contributed by atoms with van der Waals surface area (Å²) in [5.41, 5.74) is -0.575. The number of nitrogens with zero attached hydrogens (tertiary/aromatic N) is 1. The number of imide groups is 1. The van der Waals surface area contributed by atoms with E-state index >= 15 is 0 Å². The van der Waals surface area contributed by atoms with E-state index in [9.17, 15) is 9.59 Å². The minimum Gasteiger partial charge on any atom is -0.323 e. The Morgan fingerprint density at radius 1 is 1.33 bits per heavy atom. The van der Waals surface area contributed by atoms with E-state index in [-0.39, 0.29) is 17.9 Å². The van der Waals surface area contributed by atoms with Gasteiger partial charge in [-0.15, -0.1) is 0 Å². The lowest BCUT2D eigenvalue weighted by Crippen LogP contribution is -2.48. The summed E-state index contributed by atoms with van der Waals surface area (Å²) < 4.78 is 0.